The Kier molecular flexibility index (Phi) is 3.44. The molecule has 3 aliphatic rings. The fourth-order valence-corrected chi connectivity index (χ4v) is 5.80. The molecule has 1 aromatic heterocycles. The first-order valence-corrected chi connectivity index (χ1v) is 9.82. The van der Waals surface area contributed by atoms with Crippen molar-refractivity contribution < 1.29 is 9.84 Å². The van der Waals surface area contributed by atoms with Crippen LogP contribution in [0.15, 0.2) is 20.2 Å². The zero-order valence-electron chi connectivity index (χ0n) is 12.4. The van der Waals surface area contributed by atoms with Crippen LogP contribution in [-0.4, -0.2) is 57.2 Å². The molecule has 0 bridgehead atoms. The number of hydrogen-bond acceptors (Lipinski definition) is 6. The van der Waals surface area contributed by atoms with Crippen molar-refractivity contribution >= 4 is 50.2 Å². The summed E-state index contributed by atoms with van der Waals surface area (Å²) in [5, 5.41) is 11.1. The third-order valence-electron chi connectivity index (χ3n) is 5.06. The van der Waals surface area contributed by atoms with E-state index in [2.05, 4.69) is 25.8 Å². The lowest BCUT2D eigenvalue weighted by molar-refractivity contribution is -0.216. The molecule has 0 radical (unpaired) electrons. The lowest BCUT2D eigenvalue weighted by atomic mass is 9.94. The van der Waals surface area contributed by atoms with Crippen molar-refractivity contribution in [3.8, 4) is 5.88 Å². The average molecular weight is 431 g/mol. The van der Waals surface area contributed by atoms with E-state index >= 15 is 0 Å². The van der Waals surface area contributed by atoms with E-state index in [9.17, 15) is 9.90 Å². The molecule has 4 heterocycles. The van der Waals surface area contributed by atoms with E-state index in [0.29, 0.717) is 28.1 Å². The number of aromatic nitrogens is 2. The van der Waals surface area contributed by atoms with Crippen LogP contribution in [0.2, 0.25) is 5.02 Å². The summed E-state index contributed by atoms with van der Waals surface area (Å²) in [6.07, 6.45) is 0.371. The Balaban J connectivity index is 1.65. The fraction of sp³-hybridized carbons (Fsp3) is 0.467. The maximum Gasteiger partial charge on any atom is 0.351 e. The van der Waals surface area contributed by atoms with Crippen LogP contribution in [0.3, 0.4) is 0 Å². The van der Waals surface area contributed by atoms with E-state index in [-0.39, 0.29) is 11.9 Å². The predicted octanol–water partition coefficient (Wildman–Crippen LogP) is 2.25. The van der Waals surface area contributed by atoms with Gasteiger partial charge in [0, 0.05) is 23.7 Å². The minimum absolute atomic E-state index is 0.0141. The van der Waals surface area contributed by atoms with Crippen LogP contribution in [0.25, 0.3) is 10.9 Å². The molecule has 2 unspecified atom stereocenters. The Morgan fingerprint density at radius 2 is 2.38 bits per heavy atom. The number of morpholine rings is 1. The first-order valence-electron chi connectivity index (χ1n) is 7.66. The summed E-state index contributed by atoms with van der Waals surface area (Å²) in [6.45, 7) is 2.49. The average Bonchev–Trinajstić information content (AvgIpc) is 2.53. The van der Waals surface area contributed by atoms with Crippen molar-refractivity contribution in [3.05, 3.63) is 26.0 Å². The second kappa shape index (κ2) is 5.35. The van der Waals surface area contributed by atoms with Crippen LogP contribution in [0.4, 0.5) is 0 Å². The Morgan fingerprint density at radius 1 is 1.54 bits per heavy atom. The molecule has 3 aliphatic heterocycles. The molecule has 1 aromatic carbocycles. The molecule has 0 saturated carbocycles. The van der Waals surface area contributed by atoms with Crippen LogP contribution >= 0.6 is 39.3 Å². The molecule has 5 rings (SSSR count). The van der Waals surface area contributed by atoms with Gasteiger partial charge in [-0.1, -0.05) is 11.6 Å². The van der Waals surface area contributed by atoms with Gasteiger partial charge in [0.2, 0.25) is 5.88 Å². The van der Waals surface area contributed by atoms with E-state index in [1.165, 1.54) is 0 Å². The lowest BCUT2D eigenvalue weighted by Crippen LogP contribution is -2.71. The van der Waals surface area contributed by atoms with Crippen molar-refractivity contribution in [2.75, 3.05) is 25.4 Å². The number of thioether (sulfide) groups is 1. The molecule has 24 heavy (non-hydrogen) atoms. The molecule has 0 amide bonds. The number of fused-ring (bicyclic) bond motifs is 1. The highest BCUT2D eigenvalue weighted by atomic mass is 79.9. The normalized spacial score (nSPS) is 28.3. The largest absolute Gasteiger partial charge is 0.493 e. The number of aromatic hydroxyl groups is 1. The van der Waals surface area contributed by atoms with Gasteiger partial charge in [0.1, 0.15) is 0 Å². The summed E-state index contributed by atoms with van der Waals surface area (Å²) in [6, 6.07) is 2.16. The third-order valence-corrected chi connectivity index (χ3v) is 7.91. The minimum atomic E-state index is -0.414. The topological polar surface area (TPSA) is 67.6 Å². The zero-order chi connectivity index (χ0) is 16.6. The molecule has 0 spiro atoms. The second-order valence-electron chi connectivity index (χ2n) is 6.34. The van der Waals surface area contributed by atoms with Crippen LogP contribution < -0.4 is 5.69 Å². The first kappa shape index (κ1) is 15.5. The zero-order valence-corrected chi connectivity index (χ0v) is 15.6. The molecule has 1 N–H and O–H groups in total. The van der Waals surface area contributed by atoms with Crippen molar-refractivity contribution in [3.63, 3.8) is 0 Å². The van der Waals surface area contributed by atoms with E-state index < -0.39 is 5.69 Å². The number of likely N-dealkylation sites (tertiary alicyclic amines) is 1. The summed E-state index contributed by atoms with van der Waals surface area (Å²) in [5.74, 6) is 0.502. The molecular formula is C15H13BrClN3O3S. The smallest absolute Gasteiger partial charge is 0.351 e. The second-order valence-corrected chi connectivity index (χ2v) is 8.57. The minimum Gasteiger partial charge on any atom is -0.493 e. The molecule has 0 aliphatic carbocycles. The molecule has 126 valence electrons. The molecule has 2 aromatic rings. The summed E-state index contributed by atoms with van der Waals surface area (Å²) in [4.78, 5) is 19.6. The highest BCUT2D eigenvalue weighted by Gasteiger charge is 2.48. The number of ether oxygens (including phenoxy) is 1. The van der Waals surface area contributed by atoms with Gasteiger partial charge in [0.15, 0.2) is 0 Å². The van der Waals surface area contributed by atoms with Gasteiger partial charge >= 0.3 is 5.69 Å². The van der Waals surface area contributed by atoms with Gasteiger partial charge in [-0.3, -0.25) is 9.47 Å². The third kappa shape index (κ3) is 2.03. The summed E-state index contributed by atoms with van der Waals surface area (Å²) in [7, 11) is 0. The molecule has 2 fully saturated rings. The van der Waals surface area contributed by atoms with Gasteiger partial charge in [-0.2, -0.15) is 4.98 Å². The molecule has 2 saturated heterocycles. The Bertz CT molecular complexity index is 937. The summed E-state index contributed by atoms with van der Waals surface area (Å²) in [5.41, 5.74) is 0.301. The SMILES string of the molecule is O=c1nc(O)c2cc(Cl)c(Br)c3c2n1[C@@H](CN1CC2OCC21)CS3. The van der Waals surface area contributed by atoms with Crippen LogP contribution in [0, 0.1) is 0 Å². The molecule has 6 nitrogen and oxygen atoms in total. The van der Waals surface area contributed by atoms with E-state index in [0.717, 1.165) is 34.8 Å². The monoisotopic (exact) mass is 429 g/mol. The Hall–Kier alpha value is -0.800. The van der Waals surface area contributed by atoms with Gasteiger partial charge in [-0.05, 0) is 22.0 Å². The molecule has 9 heteroatoms. The number of nitrogens with zero attached hydrogens (tertiary/aromatic N) is 3. The summed E-state index contributed by atoms with van der Waals surface area (Å²) < 4.78 is 7.93. The highest BCUT2D eigenvalue weighted by molar-refractivity contribution is 9.10. The van der Waals surface area contributed by atoms with Crippen molar-refractivity contribution in [1.82, 2.24) is 14.5 Å². The van der Waals surface area contributed by atoms with E-state index in [1.54, 1.807) is 22.4 Å². The Labute approximate surface area is 154 Å². The fourth-order valence-electron chi connectivity index (χ4n) is 3.70. The van der Waals surface area contributed by atoms with Crippen molar-refractivity contribution in [1.29, 1.82) is 0 Å². The quantitative estimate of drug-likeness (QED) is 0.788. The lowest BCUT2D eigenvalue weighted by Gasteiger charge is -2.55. The molecular weight excluding hydrogens is 418 g/mol. The van der Waals surface area contributed by atoms with Gasteiger partial charge in [0.25, 0.3) is 0 Å². The maximum atomic E-state index is 12.5. The molecule has 3 atom stereocenters. The van der Waals surface area contributed by atoms with Crippen molar-refractivity contribution in [2.45, 2.75) is 23.1 Å². The number of benzene rings is 1. The number of hydrogen-bond donors (Lipinski definition) is 1. The van der Waals surface area contributed by atoms with E-state index in [1.807, 2.05) is 0 Å². The van der Waals surface area contributed by atoms with Gasteiger partial charge in [-0.25, -0.2) is 4.79 Å². The van der Waals surface area contributed by atoms with Crippen LogP contribution in [0.5, 0.6) is 5.88 Å². The van der Waals surface area contributed by atoms with Crippen LogP contribution in [0.1, 0.15) is 6.04 Å². The maximum absolute atomic E-state index is 12.5. The van der Waals surface area contributed by atoms with E-state index in [4.69, 9.17) is 16.3 Å². The first-order chi connectivity index (χ1) is 11.5. The Morgan fingerprint density at radius 3 is 3.04 bits per heavy atom. The summed E-state index contributed by atoms with van der Waals surface area (Å²) >= 11 is 11.4. The highest BCUT2D eigenvalue weighted by Crippen LogP contribution is 2.45. The standard InChI is InChI=1S/C15H13BrClN3O3S/c16-11-8(17)1-7-12-13(11)24-5-6(20(12)15(22)18-14(7)21)2-19-3-10-9(19)4-23-10/h1,6,9-10H,2-5H2,(H,18,21,22)/t6-,9?,10?/m0/s1. The number of rotatable bonds is 2. The van der Waals surface area contributed by atoms with Gasteiger partial charge in [0.05, 0.1) is 45.2 Å². The van der Waals surface area contributed by atoms with Crippen molar-refractivity contribution in [2.24, 2.45) is 0 Å². The van der Waals surface area contributed by atoms with Gasteiger partial charge in [-0.15, -0.1) is 11.8 Å². The number of halogens is 2. The predicted molar refractivity (Wildman–Crippen MR) is 95.2 cm³/mol. The van der Waals surface area contributed by atoms with Gasteiger partial charge < -0.3 is 9.84 Å². The van der Waals surface area contributed by atoms with Crippen LogP contribution in [-0.2, 0) is 4.74 Å².